The summed E-state index contributed by atoms with van der Waals surface area (Å²) >= 11 is 0. The average Bonchev–Trinajstić information content (AvgIpc) is 2.97. The molecule has 1 aliphatic carbocycles. The summed E-state index contributed by atoms with van der Waals surface area (Å²) in [5.41, 5.74) is 1.39. The molecule has 2 aromatic rings. The van der Waals surface area contributed by atoms with E-state index >= 15 is 0 Å². The van der Waals surface area contributed by atoms with Crippen molar-refractivity contribution >= 4 is 16.9 Å². The molecule has 2 aromatic heterocycles. The number of hydrogen-bond donors (Lipinski definition) is 1. The molecule has 0 bridgehead atoms. The SMILES string of the molecule is CC[C@H](CO)C(=O)N1CC2(CC(Cc3ccc4ccn(CC(F)(F)F)c4n3)C2)C1. The highest BCUT2D eigenvalue weighted by Gasteiger charge is 2.53. The Hall–Kier alpha value is -2.09. The van der Waals surface area contributed by atoms with E-state index in [-0.39, 0.29) is 23.8 Å². The summed E-state index contributed by atoms with van der Waals surface area (Å²) in [6, 6.07) is 5.39. The fraction of sp³-hybridized carbons (Fsp3) is 0.619. The predicted octanol–water partition coefficient (Wildman–Crippen LogP) is 3.40. The standard InChI is InChI=1S/C21H26F3N3O2/c1-2-15(10-28)19(29)27-11-20(12-27)8-14(9-20)7-17-4-3-16-5-6-26(18(16)25-17)13-21(22,23)24/h3-6,14-15,28H,2,7-13H2,1H3/t15-/m1/s1. The van der Waals surface area contributed by atoms with Crippen molar-refractivity contribution in [2.24, 2.45) is 17.3 Å². The Morgan fingerprint density at radius 3 is 2.66 bits per heavy atom. The van der Waals surface area contributed by atoms with Crippen LogP contribution in [0.1, 0.15) is 31.9 Å². The van der Waals surface area contributed by atoms with Gasteiger partial charge in [0.1, 0.15) is 12.2 Å². The van der Waals surface area contributed by atoms with Crippen LogP contribution in [0.5, 0.6) is 0 Å². The van der Waals surface area contributed by atoms with E-state index in [2.05, 4.69) is 4.98 Å². The first-order valence-corrected chi connectivity index (χ1v) is 10.1. The van der Waals surface area contributed by atoms with Crippen LogP contribution in [0.3, 0.4) is 0 Å². The highest BCUT2D eigenvalue weighted by atomic mass is 19.4. The van der Waals surface area contributed by atoms with Gasteiger partial charge in [-0.2, -0.15) is 13.2 Å². The second-order valence-electron chi connectivity index (χ2n) is 8.73. The normalized spacial score (nSPS) is 20.0. The smallest absolute Gasteiger partial charge is 0.396 e. The van der Waals surface area contributed by atoms with Gasteiger partial charge in [-0.25, -0.2) is 4.98 Å². The van der Waals surface area contributed by atoms with Gasteiger partial charge in [0.15, 0.2) is 0 Å². The third-order valence-corrected chi connectivity index (χ3v) is 6.39. The number of nitrogens with zero attached hydrogens (tertiary/aromatic N) is 3. The van der Waals surface area contributed by atoms with Crippen molar-refractivity contribution in [2.75, 3.05) is 19.7 Å². The van der Waals surface area contributed by atoms with E-state index in [4.69, 9.17) is 0 Å². The summed E-state index contributed by atoms with van der Waals surface area (Å²) in [5.74, 6) is 0.191. The van der Waals surface area contributed by atoms with Crippen molar-refractivity contribution in [3.8, 4) is 0 Å². The number of carbonyl (C=O) groups is 1. The molecule has 0 aromatic carbocycles. The first-order chi connectivity index (χ1) is 13.7. The van der Waals surface area contributed by atoms with Crippen LogP contribution >= 0.6 is 0 Å². The minimum atomic E-state index is -4.27. The monoisotopic (exact) mass is 409 g/mol. The lowest BCUT2D eigenvalue weighted by Crippen LogP contribution is -2.64. The van der Waals surface area contributed by atoms with Crippen molar-refractivity contribution in [3.05, 3.63) is 30.1 Å². The molecular weight excluding hydrogens is 383 g/mol. The van der Waals surface area contributed by atoms with Gasteiger partial charge in [-0.1, -0.05) is 6.92 Å². The van der Waals surface area contributed by atoms with Crippen LogP contribution in [-0.4, -0.2) is 51.3 Å². The number of pyridine rings is 1. The fourth-order valence-corrected chi connectivity index (χ4v) is 4.96. The molecule has 158 valence electrons. The van der Waals surface area contributed by atoms with Gasteiger partial charge in [0.2, 0.25) is 5.91 Å². The summed E-state index contributed by atoms with van der Waals surface area (Å²) in [5, 5.41) is 10.0. The predicted molar refractivity (Wildman–Crippen MR) is 102 cm³/mol. The van der Waals surface area contributed by atoms with Gasteiger partial charge in [-0.3, -0.25) is 4.79 Å². The molecule has 1 atom stereocenters. The molecule has 1 saturated carbocycles. The summed E-state index contributed by atoms with van der Waals surface area (Å²) in [6.07, 6.45) is 0.572. The van der Waals surface area contributed by atoms with E-state index in [1.165, 1.54) is 6.20 Å². The zero-order valence-corrected chi connectivity index (χ0v) is 16.5. The highest BCUT2D eigenvalue weighted by Crippen LogP contribution is 2.53. The molecule has 3 heterocycles. The quantitative estimate of drug-likeness (QED) is 0.796. The summed E-state index contributed by atoms with van der Waals surface area (Å²) in [7, 11) is 0. The number of halogens is 3. The van der Waals surface area contributed by atoms with Crippen molar-refractivity contribution < 1.29 is 23.1 Å². The molecule has 1 spiro atoms. The molecular formula is C21H26F3N3O2. The maximum Gasteiger partial charge on any atom is 0.406 e. The van der Waals surface area contributed by atoms with Crippen LogP contribution in [0.15, 0.2) is 24.4 Å². The first-order valence-electron chi connectivity index (χ1n) is 10.1. The Morgan fingerprint density at radius 2 is 2.03 bits per heavy atom. The lowest BCUT2D eigenvalue weighted by Gasteiger charge is -2.59. The highest BCUT2D eigenvalue weighted by molar-refractivity contribution is 5.80. The van der Waals surface area contributed by atoms with Gasteiger partial charge in [-0.05, 0) is 49.8 Å². The Morgan fingerprint density at radius 1 is 1.31 bits per heavy atom. The Kier molecular flexibility index (Phi) is 5.09. The van der Waals surface area contributed by atoms with E-state index in [9.17, 15) is 23.1 Å². The fourth-order valence-electron chi connectivity index (χ4n) is 4.96. The maximum absolute atomic E-state index is 12.7. The van der Waals surface area contributed by atoms with E-state index in [0.717, 1.165) is 42.6 Å². The number of alkyl halides is 3. The number of rotatable bonds is 6. The minimum Gasteiger partial charge on any atom is -0.396 e. The molecule has 1 saturated heterocycles. The summed E-state index contributed by atoms with van der Waals surface area (Å²) in [6.45, 7) is 2.27. The van der Waals surface area contributed by atoms with Crippen LogP contribution in [0, 0.1) is 17.3 Å². The Balaban J connectivity index is 1.34. The van der Waals surface area contributed by atoms with Crippen LogP contribution < -0.4 is 0 Å². The number of aromatic nitrogens is 2. The van der Waals surface area contributed by atoms with Crippen molar-refractivity contribution in [1.82, 2.24) is 14.5 Å². The molecule has 2 aliphatic rings. The number of fused-ring (bicyclic) bond motifs is 1. The lowest BCUT2D eigenvalue weighted by atomic mass is 9.56. The lowest BCUT2D eigenvalue weighted by molar-refractivity contribution is -0.160. The second-order valence-corrected chi connectivity index (χ2v) is 8.73. The maximum atomic E-state index is 12.7. The molecule has 1 aliphatic heterocycles. The number of carbonyl (C=O) groups excluding carboxylic acids is 1. The minimum absolute atomic E-state index is 0.0432. The number of likely N-dealkylation sites (tertiary alicyclic amines) is 1. The molecule has 5 nitrogen and oxygen atoms in total. The molecule has 2 fully saturated rings. The first kappa shape index (κ1) is 20.2. The van der Waals surface area contributed by atoms with Gasteiger partial charge < -0.3 is 14.6 Å². The van der Waals surface area contributed by atoms with Gasteiger partial charge in [0, 0.05) is 35.8 Å². The van der Waals surface area contributed by atoms with Crippen LogP contribution in [0.25, 0.3) is 11.0 Å². The van der Waals surface area contributed by atoms with Crippen molar-refractivity contribution in [3.63, 3.8) is 0 Å². The van der Waals surface area contributed by atoms with Crippen LogP contribution in [0.4, 0.5) is 13.2 Å². The second kappa shape index (κ2) is 7.31. The number of amides is 1. The number of aliphatic hydroxyl groups excluding tert-OH is 1. The van der Waals surface area contributed by atoms with E-state index < -0.39 is 12.7 Å². The van der Waals surface area contributed by atoms with Crippen LogP contribution in [-0.2, 0) is 17.8 Å². The zero-order valence-electron chi connectivity index (χ0n) is 16.5. The van der Waals surface area contributed by atoms with Crippen LogP contribution in [0.2, 0.25) is 0 Å². The third-order valence-electron chi connectivity index (χ3n) is 6.39. The number of hydrogen-bond acceptors (Lipinski definition) is 3. The van der Waals surface area contributed by atoms with Gasteiger partial charge in [0.25, 0.3) is 0 Å². The van der Waals surface area contributed by atoms with Crippen molar-refractivity contribution in [1.29, 1.82) is 0 Å². The molecule has 1 amide bonds. The van der Waals surface area contributed by atoms with Gasteiger partial charge >= 0.3 is 6.18 Å². The molecule has 1 N–H and O–H groups in total. The summed E-state index contributed by atoms with van der Waals surface area (Å²) in [4.78, 5) is 18.6. The molecule has 0 unspecified atom stereocenters. The van der Waals surface area contributed by atoms with Gasteiger partial charge in [0.05, 0.1) is 12.5 Å². The molecule has 29 heavy (non-hydrogen) atoms. The van der Waals surface area contributed by atoms with Gasteiger partial charge in [-0.15, -0.1) is 0 Å². The molecule has 8 heteroatoms. The molecule has 0 radical (unpaired) electrons. The number of aliphatic hydroxyl groups is 1. The Labute approximate surface area is 167 Å². The van der Waals surface area contributed by atoms with E-state index in [1.54, 1.807) is 6.07 Å². The van der Waals surface area contributed by atoms with Crippen molar-refractivity contribution in [2.45, 2.75) is 45.3 Å². The van der Waals surface area contributed by atoms with E-state index in [0.29, 0.717) is 23.4 Å². The topological polar surface area (TPSA) is 58.4 Å². The zero-order chi connectivity index (χ0) is 20.8. The summed E-state index contributed by atoms with van der Waals surface area (Å²) < 4.78 is 39.4. The Bertz CT molecular complexity index is 890. The molecule has 4 rings (SSSR count). The van der Waals surface area contributed by atoms with E-state index in [1.807, 2.05) is 24.0 Å². The average molecular weight is 409 g/mol. The largest absolute Gasteiger partial charge is 0.406 e. The third kappa shape index (κ3) is 3.99.